The number of methoxy groups -OCH3 is 1. The van der Waals surface area contributed by atoms with E-state index in [-0.39, 0.29) is 18.4 Å². The van der Waals surface area contributed by atoms with Crippen LogP contribution in [0.2, 0.25) is 0 Å². The maximum Gasteiger partial charge on any atom is 0.122 e. The van der Waals surface area contributed by atoms with Gasteiger partial charge in [0.2, 0.25) is 0 Å². The SMILES string of the molecule is CCCc1ccc(OC)c(CC(C)N)c1.Cl. The van der Waals surface area contributed by atoms with Crippen molar-refractivity contribution in [3.8, 4) is 5.75 Å². The molecule has 3 heteroatoms. The van der Waals surface area contributed by atoms with E-state index in [2.05, 4.69) is 19.1 Å². The summed E-state index contributed by atoms with van der Waals surface area (Å²) in [5.41, 5.74) is 8.41. The Hall–Kier alpha value is -0.730. The Kier molecular flexibility index (Phi) is 7.18. The van der Waals surface area contributed by atoms with Gasteiger partial charge in [-0.05, 0) is 37.0 Å². The lowest BCUT2D eigenvalue weighted by atomic mass is 10.0. The molecule has 92 valence electrons. The van der Waals surface area contributed by atoms with E-state index in [0.717, 1.165) is 18.6 Å². The third-order valence-corrected chi connectivity index (χ3v) is 2.43. The van der Waals surface area contributed by atoms with Crippen LogP contribution >= 0.6 is 12.4 Å². The Morgan fingerprint density at radius 1 is 1.38 bits per heavy atom. The van der Waals surface area contributed by atoms with Gasteiger partial charge in [0, 0.05) is 6.04 Å². The second-order valence-corrected chi connectivity index (χ2v) is 4.08. The lowest BCUT2D eigenvalue weighted by Crippen LogP contribution is -2.18. The molecule has 16 heavy (non-hydrogen) atoms. The van der Waals surface area contributed by atoms with Crippen LogP contribution < -0.4 is 10.5 Å². The van der Waals surface area contributed by atoms with Gasteiger partial charge >= 0.3 is 0 Å². The summed E-state index contributed by atoms with van der Waals surface area (Å²) in [5, 5.41) is 0. The van der Waals surface area contributed by atoms with Crippen LogP contribution in [0.5, 0.6) is 5.75 Å². The van der Waals surface area contributed by atoms with E-state index in [4.69, 9.17) is 10.5 Å². The van der Waals surface area contributed by atoms with Gasteiger partial charge < -0.3 is 10.5 Å². The van der Waals surface area contributed by atoms with Crippen molar-refractivity contribution in [1.29, 1.82) is 0 Å². The molecule has 1 rings (SSSR count). The number of halogens is 1. The standard InChI is InChI=1S/C13H21NO.ClH/c1-4-5-11-6-7-13(15-3)12(9-11)8-10(2)14;/h6-7,9-10H,4-5,8,14H2,1-3H3;1H. The van der Waals surface area contributed by atoms with Crippen LogP contribution in [0, 0.1) is 0 Å². The molecule has 2 N–H and O–H groups in total. The Morgan fingerprint density at radius 3 is 2.56 bits per heavy atom. The van der Waals surface area contributed by atoms with E-state index in [1.165, 1.54) is 17.5 Å². The van der Waals surface area contributed by atoms with Gasteiger partial charge in [0.1, 0.15) is 5.75 Å². The molecule has 1 unspecified atom stereocenters. The normalized spacial score (nSPS) is 11.8. The molecule has 2 nitrogen and oxygen atoms in total. The molecular weight excluding hydrogens is 222 g/mol. The van der Waals surface area contributed by atoms with Gasteiger partial charge in [0.25, 0.3) is 0 Å². The summed E-state index contributed by atoms with van der Waals surface area (Å²) in [6.45, 7) is 4.21. The zero-order valence-corrected chi connectivity index (χ0v) is 11.1. The molecule has 1 atom stereocenters. The first-order chi connectivity index (χ1) is 7.17. The summed E-state index contributed by atoms with van der Waals surface area (Å²) in [6.07, 6.45) is 3.17. The number of benzene rings is 1. The highest BCUT2D eigenvalue weighted by Gasteiger charge is 2.06. The second-order valence-electron chi connectivity index (χ2n) is 4.08. The lowest BCUT2D eigenvalue weighted by Gasteiger charge is -2.12. The molecule has 0 fully saturated rings. The number of ether oxygens (including phenoxy) is 1. The molecule has 0 bridgehead atoms. The van der Waals surface area contributed by atoms with Crippen molar-refractivity contribution in [3.63, 3.8) is 0 Å². The Bertz CT molecular complexity index is 313. The minimum atomic E-state index is 0. The second kappa shape index (κ2) is 7.53. The minimum absolute atomic E-state index is 0. The summed E-state index contributed by atoms with van der Waals surface area (Å²) in [5.74, 6) is 0.951. The summed E-state index contributed by atoms with van der Waals surface area (Å²) in [4.78, 5) is 0. The Morgan fingerprint density at radius 2 is 2.06 bits per heavy atom. The zero-order valence-electron chi connectivity index (χ0n) is 10.3. The van der Waals surface area contributed by atoms with Gasteiger partial charge in [-0.1, -0.05) is 25.5 Å². The molecular formula is C13H22ClNO. The molecule has 0 heterocycles. The highest BCUT2D eigenvalue weighted by Crippen LogP contribution is 2.21. The first kappa shape index (κ1) is 15.3. The molecule has 0 radical (unpaired) electrons. The summed E-state index contributed by atoms with van der Waals surface area (Å²) in [6, 6.07) is 6.57. The van der Waals surface area contributed by atoms with Gasteiger partial charge in [-0.2, -0.15) is 0 Å². The van der Waals surface area contributed by atoms with E-state index >= 15 is 0 Å². The van der Waals surface area contributed by atoms with Crippen molar-refractivity contribution in [2.45, 2.75) is 39.2 Å². The van der Waals surface area contributed by atoms with Gasteiger partial charge in [-0.15, -0.1) is 12.4 Å². The maximum atomic E-state index is 5.82. The number of hydrogen-bond acceptors (Lipinski definition) is 2. The van der Waals surface area contributed by atoms with Crippen LogP contribution in [-0.4, -0.2) is 13.2 Å². The first-order valence-electron chi connectivity index (χ1n) is 5.58. The van der Waals surface area contributed by atoms with Crippen molar-refractivity contribution >= 4 is 12.4 Å². The highest BCUT2D eigenvalue weighted by molar-refractivity contribution is 5.85. The fourth-order valence-corrected chi connectivity index (χ4v) is 1.78. The maximum absolute atomic E-state index is 5.82. The molecule has 1 aromatic carbocycles. The summed E-state index contributed by atoms with van der Waals surface area (Å²) in [7, 11) is 1.71. The molecule has 0 amide bonds. The van der Waals surface area contributed by atoms with E-state index in [1.807, 2.05) is 13.0 Å². The molecule has 0 aliphatic rings. The van der Waals surface area contributed by atoms with E-state index < -0.39 is 0 Å². The quantitative estimate of drug-likeness (QED) is 0.863. The monoisotopic (exact) mass is 243 g/mol. The first-order valence-corrected chi connectivity index (χ1v) is 5.58. The van der Waals surface area contributed by atoms with Crippen molar-refractivity contribution < 1.29 is 4.74 Å². The van der Waals surface area contributed by atoms with Gasteiger partial charge in [0.05, 0.1) is 7.11 Å². The lowest BCUT2D eigenvalue weighted by molar-refractivity contribution is 0.408. The molecule has 0 aliphatic carbocycles. The van der Waals surface area contributed by atoms with Gasteiger partial charge in [0.15, 0.2) is 0 Å². The van der Waals surface area contributed by atoms with Crippen LogP contribution in [0.25, 0.3) is 0 Å². The topological polar surface area (TPSA) is 35.2 Å². The smallest absolute Gasteiger partial charge is 0.122 e. The third kappa shape index (κ3) is 4.42. The Labute approximate surface area is 105 Å². The predicted molar refractivity (Wildman–Crippen MR) is 71.6 cm³/mol. The van der Waals surface area contributed by atoms with Crippen LogP contribution in [0.3, 0.4) is 0 Å². The van der Waals surface area contributed by atoms with Crippen LogP contribution in [0.1, 0.15) is 31.4 Å². The van der Waals surface area contributed by atoms with Crippen LogP contribution in [0.4, 0.5) is 0 Å². The molecule has 0 aliphatic heterocycles. The van der Waals surface area contributed by atoms with Crippen molar-refractivity contribution in [1.82, 2.24) is 0 Å². The molecule has 0 saturated heterocycles. The predicted octanol–water partition coefficient (Wildman–Crippen LogP) is 2.96. The van der Waals surface area contributed by atoms with E-state index in [9.17, 15) is 0 Å². The Balaban J connectivity index is 0.00000225. The zero-order chi connectivity index (χ0) is 11.3. The fraction of sp³-hybridized carbons (Fsp3) is 0.538. The average Bonchev–Trinajstić information content (AvgIpc) is 2.18. The van der Waals surface area contributed by atoms with Crippen LogP contribution in [-0.2, 0) is 12.8 Å². The highest BCUT2D eigenvalue weighted by atomic mass is 35.5. The number of rotatable bonds is 5. The van der Waals surface area contributed by atoms with Crippen LogP contribution in [0.15, 0.2) is 18.2 Å². The largest absolute Gasteiger partial charge is 0.496 e. The molecule has 0 aromatic heterocycles. The van der Waals surface area contributed by atoms with Gasteiger partial charge in [-0.25, -0.2) is 0 Å². The minimum Gasteiger partial charge on any atom is -0.496 e. The summed E-state index contributed by atoms with van der Waals surface area (Å²) >= 11 is 0. The van der Waals surface area contributed by atoms with Crippen molar-refractivity contribution in [2.24, 2.45) is 5.73 Å². The third-order valence-electron chi connectivity index (χ3n) is 2.43. The molecule has 0 saturated carbocycles. The van der Waals surface area contributed by atoms with E-state index in [0.29, 0.717) is 0 Å². The van der Waals surface area contributed by atoms with Crippen molar-refractivity contribution in [3.05, 3.63) is 29.3 Å². The average molecular weight is 244 g/mol. The number of nitrogens with two attached hydrogens (primary N) is 1. The number of hydrogen-bond donors (Lipinski definition) is 1. The van der Waals surface area contributed by atoms with Crippen molar-refractivity contribution in [2.75, 3.05) is 7.11 Å². The number of aryl methyl sites for hydroxylation is 1. The fourth-order valence-electron chi connectivity index (χ4n) is 1.78. The molecule has 0 spiro atoms. The molecule has 1 aromatic rings. The van der Waals surface area contributed by atoms with Gasteiger partial charge in [-0.3, -0.25) is 0 Å². The summed E-state index contributed by atoms with van der Waals surface area (Å²) < 4.78 is 5.32. The van der Waals surface area contributed by atoms with E-state index in [1.54, 1.807) is 7.11 Å².